The summed E-state index contributed by atoms with van der Waals surface area (Å²) >= 11 is 0. The van der Waals surface area contributed by atoms with Gasteiger partial charge in [-0.15, -0.1) is 0 Å². The Labute approximate surface area is 124 Å². The molecule has 8 heteroatoms. The summed E-state index contributed by atoms with van der Waals surface area (Å²) in [6.07, 6.45) is 1.78. The van der Waals surface area contributed by atoms with Gasteiger partial charge in [-0.3, -0.25) is 10.1 Å². The summed E-state index contributed by atoms with van der Waals surface area (Å²) in [6, 6.07) is 1.50. The van der Waals surface area contributed by atoms with Crippen molar-refractivity contribution in [3.8, 4) is 0 Å². The van der Waals surface area contributed by atoms with E-state index in [0.29, 0.717) is 19.8 Å². The highest BCUT2D eigenvalue weighted by Gasteiger charge is 2.68. The van der Waals surface area contributed by atoms with Crippen LogP contribution in [0.4, 0.5) is 20.2 Å². The predicted molar refractivity (Wildman–Crippen MR) is 71.5 cm³/mol. The molecule has 0 N–H and O–H groups in total. The normalized spacial score (nSPS) is 24.4. The number of nitro benzene ring substituents is 1. The number of ether oxygens (including phenoxy) is 2. The number of fused-ring (bicyclic) bond motifs is 1. The van der Waals surface area contributed by atoms with Gasteiger partial charge in [-0.25, -0.2) is 8.78 Å². The van der Waals surface area contributed by atoms with Crippen LogP contribution in [-0.2, 0) is 9.47 Å². The molecule has 2 heterocycles. The van der Waals surface area contributed by atoms with E-state index in [0.717, 1.165) is 25.0 Å². The highest BCUT2D eigenvalue weighted by atomic mass is 19.1. The van der Waals surface area contributed by atoms with Gasteiger partial charge in [0.25, 0.3) is 5.69 Å². The fraction of sp³-hybridized carbons (Fsp3) is 0.571. The van der Waals surface area contributed by atoms with Crippen LogP contribution >= 0.6 is 0 Å². The Hall–Kier alpha value is -1.80. The fourth-order valence-corrected chi connectivity index (χ4v) is 3.62. The van der Waals surface area contributed by atoms with Crippen molar-refractivity contribution in [2.75, 3.05) is 31.2 Å². The lowest BCUT2D eigenvalue weighted by Crippen LogP contribution is -2.40. The van der Waals surface area contributed by atoms with Gasteiger partial charge in [0, 0.05) is 12.0 Å². The molecule has 2 saturated heterocycles. The zero-order valence-electron chi connectivity index (χ0n) is 11.7. The van der Waals surface area contributed by atoms with Crippen LogP contribution in [0.25, 0.3) is 0 Å². The molecule has 6 nitrogen and oxygen atoms in total. The number of benzene rings is 1. The summed E-state index contributed by atoms with van der Waals surface area (Å²) in [5, 5.41) is 10.7. The number of anilines is 1. The third-order valence-electron chi connectivity index (χ3n) is 4.84. The van der Waals surface area contributed by atoms with Crippen molar-refractivity contribution >= 4 is 11.4 Å². The highest BCUT2D eigenvalue weighted by Crippen LogP contribution is 2.62. The number of non-ortho nitro benzene ring substituents is 1. The first-order chi connectivity index (χ1) is 10.5. The van der Waals surface area contributed by atoms with Crippen LogP contribution in [0.1, 0.15) is 12.8 Å². The Kier molecular flexibility index (Phi) is 2.74. The van der Waals surface area contributed by atoms with Crippen molar-refractivity contribution in [2.24, 2.45) is 5.41 Å². The second kappa shape index (κ2) is 4.36. The molecule has 0 amide bonds. The van der Waals surface area contributed by atoms with E-state index in [1.54, 1.807) is 4.90 Å². The average Bonchev–Trinajstić information content (AvgIpc) is 2.96. The van der Waals surface area contributed by atoms with Crippen LogP contribution in [0.3, 0.4) is 0 Å². The molecule has 0 radical (unpaired) electrons. The van der Waals surface area contributed by atoms with Crippen molar-refractivity contribution in [1.29, 1.82) is 0 Å². The van der Waals surface area contributed by atoms with E-state index < -0.39 is 28.0 Å². The minimum atomic E-state index is -0.933. The predicted octanol–water partition coefficient (Wildman–Crippen LogP) is 2.22. The lowest BCUT2D eigenvalue weighted by atomic mass is 10.00. The van der Waals surface area contributed by atoms with E-state index in [2.05, 4.69) is 0 Å². The second-order valence-corrected chi connectivity index (χ2v) is 6.10. The van der Waals surface area contributed by atoms with Gasteiger partial charge < -0.3 is 14.4 Å². The molecule has 2 aliphatic heterocycles. The zero-order valence-corrected chi connectivity index (χ0v) is 11.7. The lowest BCUT2D eigenvalue weighted by Gasteiger charge is -2.27. The van der Waals surface area contributed by atoms with Gasteiger partial charge in [0.05, 0.1) is 36.8 Å². The summed E-state index contributed by atoms with van der Waals surface area (Å²) in [5.41, 5.74) is -1.06. The Bertz CT molecular complexity index is 633. The van der Waals surface area contributed by atoms with E-state index in [1.165, 1.54) is 0 Å². The molecule has 3 fully saturated rings. The van der Waals surface area contributed by atoms with Gasteiger partial charge in [0.15, 0.2) is 17.4 Å². The minimum Gasteiger partial charge on any atom is -0.361 e. The number of hydrogen-bond donors (Lipinski definition) is 0. The van der Waals surface area contributed by atoms with Crippen LogP contribution in [-0.4, -0.2) is 37.0 Å². The van der Waals surface area contributed by atoms with Crippen molar-refractivity contribution in [2.45, 2.75) is 18.6 Å². The smallest absolute Gasteiger partial charge is 0.275 e. The van der Waals surface area contributed by atoms with Crippen LogP contribution in [0, 0.1) is 27.2 Å². The van der Waals surface area contributed by atoms with Gasteiger partial charge in [-0.1, -0.05) is 0 Å². The van der Waals surface area contributed by atoms with E-state index in [9.17, 15) is 18.9 Å². The summed E-state index contributed by atoms with van der Waals surface area (Å²) in [7, 11) is 0. The zero-order chi connectivity index (χ0) is 15.5. The fourth-order valence-electron chi connectivity index (χ4n) is 3.62. The van der Waals surface area contributed by atoms with Crippen LogP contribution < -0.4 is 4.90 Å². The maximum atomic E-state index is 14.2. The number of nitro groups is 1. The molecule has 1 aromatic rings. The molecule has 0 bridgehead atoms. The maximum absolute atomic E-state index is 14.2. The molecule has 118 valence electrons. The van der Waals surface area contributed by atoms with Crippen molar-refractivity contribution in [3.05, 3.63) is 33.9 Å². The van der Waals surface area contributed by atoms with E-state index in [-0.39, 0.29) is 17.6 Å². The lowest BCUT2D eigenvalue weighted by molar-refractivity contribution is -0.385. The molecule has 0 unspecified atom stereocenters. The first-order valence-corrected chi connectivity index (χ1v) is 7.13. The maximum Gasteiger partial charge on any atom is 0.275 e. The molecule has 3 aliphatic rings. The third-order valence-corrected chi connectivity index (χ3v) is 4.84. The van der Waals surface area contributed by atoms with Crippen molar-refractivity contribution in [3.63, 3.8) is 0 Å². The molecule has 4 rings (SSSR count). The van der Waals surface area contributed by atoms with Gasteiger partial charge >= 0.3 is 0 Å². The van der Waals surface area contributed by atoms with Gasteiger partial charge in [-0.05, 0) is 12.8 Å². The Morgan fingerprint density at radius 3 is 2.23 bits per heavy atom. The molecule has 1 saturated carbocycles. The number of hydrogen-bond acceptors (Lipinski definition) is 5. The second-order valence-electron chi connectivity index (χ2n) is 6.10. The number of halogens is 2. The van der Waals surface area contributed by atoms with E-state index in [4.69, 9.17) is 9.47 Å². The summed E-state index contributed by atoms with van der Waals surface area (Å²) in [6.45, 7) is 1.61. The standard InChI is InChI=1S/C14H14F2N2O4/c15-10-5-9(18(19)20)6-11(16)12(10)17-7-13(1-2-13)14(8-17)21-3-4-22-14/h5-6H,1-4,7-8H2. The highest BCUT2D eigenvalue weighted by molar-refractivity contribution is 5.56. The molecule has 1 aromatic carbocycles. The SMILES string of the molecule is O=[N+]([O-])c1cc(F)c(N2CC3(CC3)C3(C2)OCCO3)c(F)c1. The molecular weight excluding hydrogens is 298 g/mol. The topological polar surface area (TPSA) is 64.8 Å². The average molecular weight is 312 g/mol. The number of nitrogens with zero attached hydrogens (tertiary/aromatic N) is 2. The van der Waals surface area contributed by atoms with Crippen molar-refractivity contribution < 1.29 is 23.2 Å². The van der Waals surface area contributed by atoms with Crippen LogP contribution in [0.5, 0.6) is 0 Å². The Morgan fingerprint density at radius 1 is 1.14 bits per heavy atom. The molecular formula is C14H14F2N2O4. The minimum absolute atomic E-state index is 0.218. The van der Waals surface area contributed by atoms with Crippen LogP contribution in [0.15, 0.2) is 12.1 Å². The number of rotatable bonds is 2. The summed E-state index contributed by atoms with van der Waals surface area (Å²) in [5.74, 6) is -2.66. The van der Waals surface area contributed by atoms with Crippen LogP contribution in [0.2, 0.25) is 0 Å². The summed E-state index contributed by atoms with van der Waals surface area (Å²) < 4.78 is 39.9. The van der Waals surface area contributed by atoms with Crippen molar-refractivity contribution in [1.82, 2.24) is 0 Å². The summed E-state index contributed by atoms with van der Waals surface area (Å²) in [4.78, 5) is 11.4. The first kappa shape index (κ1) is 13.8. The molecule has 0 aromatic heterocycles. The molecule has 2 spiro atoms. The largest absolute Gasteiger partial charge is 0.361 e. The Balaban J connectivity index is 1.70. The van der Waals surface area contributed by atoms with Gasteiger partial charge in [0.2, 0.25) is 0 Å². The third kappa shape index (κ3) is 1.77. The molecule has 0 atom stereocenters. The van der Waals surface area contributed by atoms with E-state index >= 15 is 0 Å². The quantitative estimate of drug-likeness (QED) is 0.619. The molecule has 1 aliphatic carbocycles. The monoisotopic (exact) mass is 312 g/mol. The van der Waals surface area contributed by atoms with Gasteiger partial charge in [-0.2, -0.15) is 0 Å². The van der Waals surface area contributed by atoms with E-state index in [1.807, 2.05) is 0 Å². The Morgan fingerprint density at radius 2 is 1.73 bits per heavy atom. The molecule has 22 heavy (non-hydrogen) atoms. The van der Waals surface area contributed by atoms with Gasteiger partial charge in [0.1, 0.15) is 5.69 Å². The first-order valence-electron chi connectivity index (χ1n) is 7.13.